The number of nitrogens with two attached hydrogens (primary N) is 1. The second-order valence-electron chi connectivity index (χ2n) is 4.92. The Balaban J connectivity index is 2.03. The molecule has 1 amide bonds. The largest absolute Gasteiger partial charge is 0.493 e. The van der Waals surface area contributed by atoms with Crippen LogP contribution in [0.25, 0.3) is 0 Å². The fraction of sp³-hybridized carbons (Fsp3) is 0.467. The molecule has 0 bridgehead atoms. The lowest BCUT2D eigenvalue weighted by Crippen LogP contribution is -2.24. The molecular formula is C15H21N3O3. The van der Waals surface area contributed by atoms with Crippen LogP contribution in [-0.2, 0) is 4.79 Å². The molecule has 1 aliphatic rings. The third kappa shape index (κ3) is 4.66. The highest BCUT2D eigenvalue weighted by Crippen LogP contribution is 2.27. The van der Waals surface area contributed by atoms with Gasteiger partial charge in [0.2, 0.25) is 0 Å². The lowest BCUT2D eigenvalue weighted by molar-refractivity contribution is -0.119. The number of carbonyl (C=O) groups is 1. The highest BCUT2D eigenvalue weighted by atomic mass is 16.5. The van der Waals surface area contributed by atoms with E-state index in [1.807, 2.05) is 18.3 Å². The number of hydrogen-bond acceptors (Lipinski definition) is 5. The fourth-order valence-corrected chi connectivity index (χ4v) is 2.17. The molecule has 1 aliphatic heterocycles. The monoisotopic (exact) mass is 291 g/mol. The van der Waals surface area contributed by atoms with Gasteiger partial charge in [-0.15, -0.1) is 0 Å². The SMILES string of the molecule is COc1cc(/C=N/N2CCCCC2)ccc1OCC(N)=O. The topological polar surface area (TPSA) is 77.2 Å². The predicted molar refractivity (Wildman–Crippen MR) is 80.7 cm³/mol. The van der Waals surface area contributed by atoms with E-state index in [1.54, 1.807) is 13.2 Å². The van der Waals surface area contributed by atoms with Crippen molar-refractivity contribution in [2.24, 2.45) is 10.8 Å². The first-order valence-electron chi connectivity index (χ1n) is 7.07. The molecule has 1 heterocycles. The van der Waals surface area contributed by atoms with E-state index < -0.39 is 5.91 Å². The average Bonchev–Trinajstić information content (AvgIpc) is 2.52. The zero-order chi connectivity index (χ0) is 15.1. The third-order valence-electron chi connectivity index (χ3n) is 3.26. The van der Waals surface area contributed by atoms with Crippen molar-refractivity contribution in [2.75, 3.05) is 26.8 Å². The number of ether oxygens (including phenoxy) is 2. The first-order valence-corrected chi connectivity index (χ1v) is 7.07. The first kappa shape index (κ1) is 15.2. The molecule has 0 aromatic heterocycles. The summed E-state index contributed by atoms with van der Waals surface area (Å²) in [7, 11) is 1.55. The Morgan fingerprint density at radius 1 is 1.33 bits per heavy atom. The smallest absolute Gasteiger partial charge is 0.255 e. The van der Waals surface area contributed by atoms with Crippen LogP contribution in [0.15, 0.2) is 23.3 Å². The summed E-state index contributed by atoms with van der Waals surface area (Å²) in [6.07, 6.45) is 5.48. The lowest BCUT2D eigenvalue weighted by Gasteiger charge is -2.23. The van der Waals surface area contributed by atoms with Crippen LogP contribution in [0.3, 0.4) is 0 Å². The summed E-state index contributed by atoms with van der Waals surface area (Å²) < 4.78 is 10.5. The number of hydrazone groups is 1. The summed E-state index contributed by atoms with van der Waals surface area (Å²) in [6.45, 7) is 1.85. The van der Waals surface area contributed by atoms with Gasteiger partial charge < -0.3 is 15.2 Å². The van der Waals surface area contributed by atoms with Gasteiger partial charge in [0, 0.05) is 13.1 Å². The van der Waals surface area contributed by atoms with E-state index >= 15 is 0 Å². The van der Waals surface area contributed by atoms with Crippen molar-refractivity contribution in [3.63, 3.8) is 0 Å². The minimum absolute atomic E-state index is 0.169. The van der Waals surface area contributed by atoms with Crippen LogP contribution in [0, 0.1) is 0 Å². The minimum Gasteiger partial charge on any atom is -0.493 e. The molecule has 0 radical (unpaired) electrons. The third-order valence-corrected chi connectivity index (χ3v) is 3.26. The highest BCUT2D eigenvalue weighted by Gasteiger charge is 2.08. The molecule has 0 unspecified atom stereocenters. The minimum atomic E-state index is -0.521. The first-order chi connectivity index (χ1) is 10.2. The van der Waals surface area contributed by atoms with Gasteiger partial charge in [0.15, 0.2) is 18.1 Å². The second kappa shape index (κ2) is 7.52. The van der Waals surface area contributed by atoms with Gasteiger partial charge in [-0.1, -0.05) is 0 Å². The highest BCUT2D eigenvalue weighted by molar-refractivity contribution is 5.81. The van der Waals surface area contributed by atoms with Gasteiger partial charge >= 0.3 is 0 Å². The maximum atomic E-state index is 10.7. The van der Waals surface area contributed by atoms with Crippen LogP contribution in [0.1, 0.15) is 24.8 Å². The summed E-state index contributed by atoms with van der Waals surface area (Å²) in [5.74, 6) is 0.526. The normalized spacial score (nSPS) is 15.2. The molecule has 1 aromatic rings. The lowest BCUT2D eigenvalue weighted by atomic mass is 10.2. The van der Waals surface area contributed by atoms with Gasteiger partial charge in [-0.25, -0.2) is 0 Å². The molecule has 6 nitrogen and oxygen atoms in total. The Morgan fingerprint density at radius 2 is 2.10 bits per heavy atom. The Kier molecular flexibility index (Phi) is 5.43. The molecule has 0 spiro atoms. The van der Waals surface area contributed by atoms with Crippen LogP contribution in [0.4, 0.5) is 0 Å². The van der Waals surface area contributed by atoms with E-state index in [0.29, 0.717) is 11.5 Å². The molecule has 0 saturated carbocycles. The van der Waals surface area contributed by atoms with Crippen LogP contribution in [-0.4, -0.2) is 43.9 Å². The number of methoxy groups -OCH3 is 1. The molecule has 1 saturated heterocycles. The zero-order valence-corrected chi connectivity index (χ0v) is 12.2. The number of benzene rings is 1. The molecule has 2 N–H and O–H groups in total. The number of hydrogen-bond donors (Lipinski definition) is 1. The van der Waals surface area contributed by atoms with E-state index in [4.69, 9.17) is 15.2 Å². The Labute approximate surface area is 124 Å². The number of amides is 1. The van der Waals surface area contributed by atoms with Crippen molar-refractivity contribution in [1.82, 2.24) is 5.01 Å². The van der Waals surface area contributed by atoms with E-state index in [0.717, 1.165) is 18.7 Å². The second-order valence-corrected chi connectivity index (χ2v) is 4.92. The molecule has 1 aromatic carbocycles. The molecule has 0 aliphatic carbocycles. The zero-order valence-electron chi connectivity index (χ0n) is 12.2. The molecule has 21 heavy (non-hydrogen) atoms. The number of primary amides is 1. The Morgan fingerprint density at radius 3 is 2.76 bits per heavy atom. The van der Waals surface area contributed by atoms with Crippen molar-refractivity contribution >= 4 is 12.1 Å². The fourth-order valence-electron chi connectivity index (χ4n) is 2.17. The van der Waals surface area contributed by atoms with Gasteiger partial charge in [-0.3, -0.25) is 9.80 Å². The van der Waals surface area contributed by atoms with E-state index in [1.165, 1.54) is 19.3 Å². The van der Waals surface area contributed by atoms with Gasteiger partial charge in [0.05, 0.1) is 13.3 Å². The van der Waals surface area contributed by atoms with Crippen LogP contribution in [0.5, 0.6) is 11.5 Å². The van der Waals surface area contributed by atoms with Crippen LogP contribution in [0.2, 0.25) is 0 Å². The maximum Gasteiger partial charge on any atom is 0.255 e. The number of piperidine rings is 1. The quantitative estimate of drug-likeness (QED) is 0.803. The predicted octanol–water partition coefficient (Wildman–Crippen LogP) is 1.38. The van der Waals surface area contributed by atoms with Crippen molar-refractivity contribution in [3.8, 4) is 11.5 Å². The molecule has 1 fully saturated rings. The summed E-state index contributed by atoms with van der Waals surface area (Å²) in [4.78, 5) is 10.7. The molecule has 114 valence electrons. The Bertz CT molecular complexity index is 511. The van der Waals surface area contributed by atoms with Crippen molar-refractivity contribution in [2.45, 2.75) is 19.3 Å². The molecular weight excluding hydrogens is 270 g/mol. The average molecular weight is 291 g/mol. The van der Waals surface area contributed by atoms with Crippen molar-refractivity contribution in [1.29, 1.82) is 0 Å². The Hall–Kier alpha value is -2.24. The van der Waals surface area contributed by atoms with Gasteiger partial charge in [0.25, 0.3) is 5.91 Å². The summed E-state index contributed by atoms with van der Waals surface area (Å²) in [5, 5.41) is 6.55. The summed E-state index contributed by atoms with van der Waals surface area (Å²) in [6, 6.07) is 5.44. The maximum absolute atomic E-state index is 10.7. The number of rotatable bonds is 6. The van der Waals surface area contributed by atoms with E-state index in [-0.39, 0.29) is 6.61 Å². The molecule has 2 rings (SSSR count). The van der Waals surface area contributed by atoms with E-state index in [2.05, 4.69) is 10.1 Å². The molecule has 6 heteroatoms. The van der Waals surface area contributed by atoms with Gasteiger partial charge in [-0.2, -0.15) is 5.10 Å². The number of nitrogens with zero attached hydrogens (tertiary/aromatic N) is 2. The van der Waals surface area contributed by atoms with Crippen molar-refractivity contribution < 1.29 is 14.3 Å². The van der Waals surface area contributed by atoms with Gasteiger partial charge in [-0.05, 0) is 43.0 Å². The summed E-state index contributed by atoms with van der Waals surface area (Å²) >= 11 is 0. The van der Waals surface area contributed by atoms with E-state index in [9.17, 15) is 4.79 Å². The molecule has 0 atom stereocenters. The number of carbonyl (C=O) groups excluding carboxylic acids is 1. The van der Waals surface area contributed by atoms with Crippen molar-refractivity contribution in [3.05, 3.63) is 23.8 Å². The van der Waals surface area contributed by atoms with Gasteiger partial charge in [0.1, 0.15) is 0 Å². The van der Waals surface area contributed by atoms with Crippen LogP contribution < -0.4 is 15.2 Å². The summed E-state index contributed by atoms with van der Waals surface area (Å²) in [5.41, 5.74) is 5.98. The standard InChI is InChI=1S/C15H21N3O3/c1-20-14-9-12(5-6-13(14)21-11-15(16)19)10-17-18-7-3-2-4-8-18/h5-6,9-10H,2-4,7-8,11H2,1H3,(H2,16,19)/b17-10+. The van der Waals surface area contributed by atoms with Crippen LogP contribution >= 0.6 is 0 Å².